The van der Waals surface area contributed by atoms with Crippen molar-refractivity contribution >= 4 is 28.2 Å². The molecule has 9 heteroatoms. The Balaban J connectivity index is 1.58. The van der Waals surface area contributed by atoms with E-state index in [1.165, 1.54) is 11.1 Å². The van der Waals surface area contributed by atoms with Crippen LogP contribution in [-0.4, -0.2) is 56.3 Å². The highest BCUT2D eigenvalue weighted by atomic mass is 35.5. The summed E-state index contributed by atoms with van der Waals surface area (Å²) in [5.41, 5.74) is 5.79. The molecular weight excluding hydrogens is 498 g/mol. The molecule has 3 heterocycles. The van der Waals surface area contributed by atoms with Gasteiger partial charge in [-0.15, -0.1) is 5.10 Å². The molecule has 2 aromatic carbocycles. The van der Waals surface area contributed by atoms with Gasteiger partial charge in [0.25, 0.3) is 5.56 Å². The summed E-state index contributed by atoms with van der Waals surface area (Å²) in [6.07, 6.45) is 0.853. The number of aromatic nitrogens is 5. The summed E-state index contributed by atoms with van der Waals surface area (Å²) in [5, 5.41) is 14.7. The molecule has 1 aliphatic rings. The zero-order valence-electron chi connectivity index (χ0n) is 23.0. The van der Waals surface area contributed by atoms with Crippen LogP contribution in [0, 0.1) is 20.8 Å². The van der Waals surface area contributed by atoms with Crippen molar-refractivity contribution in [3.8, 4) is 0 Å². The molecule has 0 bridgehead atoms. The van der Waals surface area contributed by atoms with E-state index >= 15 is 0 Å². The molecule has 0 amide bonds. The highest BCUT2D eigenvalue weighted by Gasteiger charge is 2.36. The molecule has 0 spiro atoms. The van der Waals surface area contributed by atoms with Crippen molar-refractivity contribution in [3.05, 3.63) is 79.9 Å². The molecule has 0 unspecified atom stereocenters. The minimum absolute atomic E-state index is 0.109. The number of tetrazole rings is 1. The maximum Gasteiger partial charge on any atom is 0.253 e. The predicted molar refractivity (Wildman–Crippen MR) is 153 cm³/mol. The maximum atomic E-state index is 13.6. The van der Waals surface area contributed by atoms with Gasteiger partial charge in [-0.1, -0.05) is 24.6 Å². The summed E-state index contributed by atoms with van der Waals surface area (Å²) in [6, 6.07) is 11.8. The van der Waals surface area contributed by atoms with Crippen LogP contribution in [0.5, 0.6) is 0 Å². The van der Waals surface area contributed by atoms with E-state index in [1.807, 2.05) is 28.9 Å². The van der Waals surface area contributed by atoms with Crippen LogP contribution in [0.15, 0.2) is 41.2 Å². The van der Waals surface area contributed by atoms with E-state index in [0.29, 0.717) is 11.4 Å². The average Bonchev–Trinajstić information content (AvgIpc) is 3.38. The third-order valence-corrected chi connectivity index (χ3v) is 8.39. The summed E-state index contributed by atoms with van der Waals surface area (Å²) in [5.74, 6) is 0.693. The first-order valence-electron chi connectivity index (χ1n) is 13.3. The number of halogens is 1. The number of benzene rings is 2. The Bertz CT molecular complexity index is 1530. The summed E-state index contributed by atoms with van der Waals surface area (Å²) in [4.78, 5) is 21.5. The van der Waals surface area contributed by atoms with Crippen LogP contribution >= 0.6 is 11.6 Å². The minimum Gasteiger partial charge on any atom is -0.369 e. The molecule has 0 saturated carbocycles. The SMILES string of the molecule is CCC(C)(C)n1nnnc1[C@@H](c1cc2cc(C)c(C)cc2[nH]c1=O)N1CCN(c2cc(Cl)ccc2C)CC1. The Hall–Kier alpha value is -3.23. The lowest BCUT2D eigenvalue weighted by atomic mass is 9.98. The van der Waals surface area contributed by atoms with Crippen LogP contribution in [0.1, 0.15) is 61.3 Å². The van der Waals surface area contributed by atoms with Crippen LogP contribution in [0.2, 0.25) is 5.02 Å². The lowest BCUT2D eigenvalue weighted by Crippen LogP contribution is -2.49. The number of aromatic amines is 1. The molecule has 1 atom stereocenters. The molecule has 1 fully saturated rings. The second-order valence-corrected chi connectivity index (χ2v) is 11.5. The molecular formula is C29H36ClN7O. The van der Waals surface area contributed by atoms with Gasteiger partial charge in [0.05, 0.1) is 5.54 Å². The van der Waals surface area contributed by atoms with Crippen molar-refractivity contribution in [2.24, 2.45) is 0 Å². The molecule has 1 saturated heterocycles. The van der Waals surface area contributed by atoms with Crippen LogP contribution in [0.3, 0.4) is 0 Å². The van der Waals surface area contributed by atoms with Gasteiger partial charge in [-0.3, -0.25) is 9.69 Å². The van der Waals surface area contributed by atoms with E-state index in [1.54, 1.807) is 0 Å². The third kappa shape index (κ3) is 4.83. The number of pyridine rings is 1. The zero-order chi connectivity index (χ0) is 27.2. The largest absolute Gasteiger partial charge is 0.369 e. The molecule has 38 heavy (non-hydrogen) atoms. The van der Waals surface area contributed by atoms with Gasteiger partial charge >= 0.3 is 0 Å². The van der Waals surface area contributed by atoms with Crippen LogP contribution in [0.4, 0.5) is 5.69 Å². The van der Waals surface area contributed by atoms with E-state index in [0.717, 1.165) is 59.8 Å². The number of nitrogens with one attached hydrogen (secondary N) is 1. The van der Waals surface area contributed by atoms with Gasteiger partial charge in [-0.2, -0.15) is 0 Å². The smallest absolute Gasteiger partial charge is 0.253 e. The van der Waals surface area contributed by atoms with Crippen molar-refractivity contribution in [2.45, 2.75) is 59.5 Å². The molecule has 0 radical (unpaired) electrons. The van der Waals surface area contributed by atoms with Crippen LogP contribution < -0.4 is 10.5 Å². The molecule has 1 N–H and O–H groups in total. The first kappa shape index (κ1) is 26.4. The van der Waals surface area contributed by atoms with E-state index in [9.17, 15) is 4.79 Å². The number of anilines is 1. The van der Waals surface area contributed by atoms with Crippen molar-refractivity contribution in [3.63, 3.8) is 0 Å². The Morgan fingerprint density at radius 1 is 1.00 bits per heavy atom. The Morgan fingerprint density at radius 2 is 1.71 bits per heavy atom. The zero-order valence-corrected chi connectivity index (χ0v) is 23.8. The predicted octanol–water partition coefficient (Wildman–Crippen LogP) is 5.15. The van der Waals surface area contributed by atoms with Crippen LogP contribution in [-0.2, 0) is 5.54 Å². The molecule has 1 aliphatic heterocycles. The topological polar surface area (TPSA) is 82.9 Å². The van der Waals surface area contributed by atoms with Gasteiger partial charge in [0.2, 0.25) is 0 Å². The van der Waals surface area contributed by atoms with Gasteiger partial charge in [-0.05, 0) is 104 Å². The normalized spacial score (nSPS) is 15.8. The maximum absolute atomic E-state index is 13.6. The first-order valence-corrected chi connectivity index (χ1v) is 13.6. The molecule has 0 aliphatic carbocycles. The number of H-pyrrole nitrogens is 1. The number of nitrogens with zero attached hydrogens (tertiary/aromatic N) is 6. The second-order valence-electron chi connectivity index (χ2n) is 11.0. The number of hydrogen-bond donors (Lipinski definition) is 1. The van der Waals surface area contributed by atoms with Gasteiger partial charge in [0.1, 0.15) is 6.04 Å². The van der Waals surface area contributed by atoms with Crippen molar-refractivity contribution < 1.29 is 0 Å². The van der Waals surface area contributed by atoms with Crippen LogP contribution in [0.25, 0.3) is 10.9 Å². The number of fused-ring (bicyclic) bond motifs is 1. The van der Waals surface area contributed by atoms with E-state index < -0.39 is 0 Å². The van der Waals surface area contributed by atoms with Crippen molar-refractivity contribution in [1.29, 1.82) is 0 Å². The Labute approximate surface area is 228 Å². The summed E-state index contributed by atoms with van der Waals surface area (Å²) < 4.78 is 1.90. The number of rotatable bonds is 6. The third-order valence-electron chi connectivity index (χ3n) is 8.15. The number of aryl methyl sites for hydroxylation is 3. The molecule has 8 nitrogen and oxygen atoms in total. The van der Waals surface area contributed by atoms with Gasteiger partial charge in [-0.25, -0.2) is 4.68 Å². The fourth-order valence-electron chi connectivity index (χ4n) is 5.29. The second kappa shape index (κ2) is 10.2. The highest BCUT2D eigenvalue weighted by Crippen LogP contribution is 2.33. The van der Waals surface area contributed by atoms with E-state index in [2.05, 4.69) is 84.0 Å². The summed E-state index contributed by atoms with van der Waals surface area (Å²) in [7, 11) is 0. The average molecular weight is 534 g/mol. The Kier molecular flexibility index (Phi) is 7.05. The number of hydrogen-bond acceptors (Lipinski definition) is 6. The van der Waals surface area contributed by atoms with Crippen molar-refractivity contribution in [1.82, 2.24) is 30.1 Å². The highest BCUT2D eigenvalue weighted by molar-refractivity contribution is 6.30. The Morgan fingerprint density at radius 3 is 2.42 bits per heavy atom. The summed E-state index contributed by atoms with van der Waals surface area (Å²) in [6.45, 7) is 15.8. The lowest BCUT2D eigenvalue weighted by Gasteiger charge is -2.40. The molecule has 2 aromatic heterocycles. The van der Waals surface area contributed by atoms with Gasteiger partial charge < -0.3 is 9.88 Å². The minimum atomic E-state index is -0.381. The van der Waals surface area contributed by atoms with Gasteiger partial charge in [0, 0.05) is 48.0 Å². The van der Waals surface area contributed by atoms with Gasteiger partial charge in [0.15, 0.2) is 5.82 Å². The number of piperazine rings is 1. The lowest BCUT2D eigenvalue weighted by molar-refractivity contribution is 0.186. The van der Waals surface area contributed by atoms with E-state index in [-0.39, 0.29) is 17.1 Å². The molecule has 200 valence electrons. The summed E-state index contributed by atoms with van der Waals surface area (Å²) >= 11 is 6.32. The first-order chi connectivity index (χ1) is 18.1. The fourth-order valence-corrected chi connectivity index (χ4v) is 5.45. The monoisotopic (exact) mass is 533 g/mol. The standard InChI is InChI=1S/C29H36ClN7O/c1-7-29(5,6)37-27(32-33-34-37)26(23-16-21-14-19(3)20(4)15-24(21)31-28(23)38)36-12-10-35(11-13-36)25-17-22(30)9-8-18(25)2/h8-9,14-17,26H,7,10-13H2,1-6H3,(H,31,38)/t26-/m1/s1. The van der Waals surface area contributed by atoms with E-state index in [4.69, 9.17) is 11.6 Å². The quantitative estimate of drug-likeness (QED) is 0.369. The van der Waals surface area contributed by atoms with Crippen molar-refractivity contribution in [2.75, 3.05) is 31.1 Å². The molecule has 5 rings (SSSR count). The fraction of sp³-hybridized carbons (Fsp3) is 0.448. The molecule has 4 aromatic rings.